The Bertz CT molecular complexity index is 543. The van der Waals surface area contributed by atoms with E-state index < -0.39 is 0 Å². The van der Waals surface area contributed by atoms with Gasteiger partial charge < -0.3 is 5.32 Å². The third kappa shape index (κ3) is 3.55. The van der Waals surface area contributed by atoms with E-state index in [9.17, 15) is 0 Å². The Balaban J connectivity index is 2.06. The van der Waals surface area contributed by atoms with Crippen LogP contribution in [0.25, 0.3) is 0 Å². The van der Waals surface area contributed by atoms with E-state index in [0.717, 1.165) is 6.54 Å². The van der Waals surface area contributed by atoms with E-state index in [4.69, 9.17) is 0 Å². The van der Waals surface area contributed by atoms with Crippen molar-refractivity contribution >= 4 is 0 Å². The average Bonchev–Trinajstić information content (AvgIpc) is 2.43. The molecule has 1 atom stereocenters. The summed E-state index contributed by atoms with van der Waals surface area (Å²) < 4.78 is 0. The number of hydrogen-bond acceptors (Lipinski definition) is 1. The molecule has 1 unspecified atom stereocenters. The van der Waals surface area contributed by atoms with Crippen molar-refractivity contribution in [2.24, 2.45) is 0 Å². The zero-order chi connectivity index (χ0) is 13.7. The predicted molar refractivity (Wildman–Crippen MR) is 82.1 cm³/mol. The van der Waals surface area contributed by atoms with Crippen LogP contribution in [0.5, 0.6) is 0 Å². The zero-order valence-electron chi connectivity index (χ0n) is 11.7. The molecule has 1 nitrogen and oxygen atoms in total. The second-order valence-electron chi connectivity index (χ2n) is 4.93. The number of hydrogen-bond donors (Lipinski definition) is 1. The summed E-state index contributed by atoms with van der Waals surface area (Å²) in [6.07, 6.45) is 1.96. The highest BCUT2D eigenvalue weighted by Crippen LogP contribution is 2.16. The molecule has 0 aliphatic rings. The minimum absolute atomic E-state index is 0.196. The minimum Gasteiger partial charge on any atom is -0.303 e. The van der Waals surface area contributed by atoms with Gasteiger partial charge in [-0.2, -0.15) is 0 Å². The molecule has 0 bridgehead atoms. The maximum Gasteiger partial charge on any atom is 0.0506 e. The van der Waals surface area contributed by atoms with Crippen LogP contribution >= 0.6 is 0 Å². The second kappa shape index (κ2) is 6.35. The van der Waals surface area contributed by atoms with Crippen molar-refractivity contribution in [2.75, 3.05) is 0 Å². The summed E-state index contributed by atoms with van der Waals surface area (Å²) in [6, 6.07) is 17.2. The van der Waals surface area contributed by atoms with Crippen LogP contribution in [0.15, 0.2) is 61.2 Å². The largest absolute Gasteiger partial charge is 0.303 e. The number of benzene rings is 2. The summed E-state index contributed by atoms with van der Waals surface area (Å²) >= 11 is 0. The highest BCUT2D eigenvalue weighted by Gasteiger charge is 2.06. The molecule has 0 saturated carbocycles. The Morgan fingerprint density at radius 2 is 1.84 bits per heavy atom. The molecule has 0 heterocycles. The van der Waals surface area contributed by atoms with Gasteiger partial charge in [0.2, 0.25) is 0 Å². The molecule has 0 saturated heterocycles. The van der Waals surface area contributed by atoms with Crippen molar-refractivity contribution in [2.45, 2.75) is 26.4 Å². The number of nitrogens with one attached hydrogen (secondary N) is 1. The van der Waals surface area contributed by atoms with E-state index in [-0.39, 0.29) is 6.04 Å². The SMILES string of the molecule is C=CC(NCc1ccc(C)cc1C)c1ccccc1. The van der Waals surface area contributed by atoms with E-state index >= 15 is 0 Å². The first-order valence-electron chi connectivity index (χ1n) is 6.67. The number of rotatable bonds is 5. The highest BCUT2D eigenvalue weighted by atomic mass is 14.9. The number of aryl methyl sites for hydroxylation is 2. The second-order valence-corrected chi connectivity index (χ2v) is 4.93. The Morgan fingerprint density at radius 1 is 1.11 bits per heavy atom. The van der Waals surface area contributed by atoms with Crippen LogP contribution in [0, 0.1) is 13.8 Å². The standard InChI is InChI=1S/C18H21N/c1-4-18(16-8-6-5-7-9-16)19-13-17-11-10-14(2)12-15(17)3/h4-12,18-19H,1,13H2,2-3H3. The van der Waals surface area contributed by atoms with E-state index in [2.05, 4.69) is 68.2 Å². The fourth-order valence-electron chi connectivity index (χ4n) is 2.26. The molecular formula is C18H21N. The third-order valence-corrected chi connectivity index (χ3v) is 3.40. The zero-order valence-corrected chi connectivity index (χ0v) is 11.7. The van der Waals surface area contributed by atoms with Crippen molar-refractivity contribution in [3.63, 3.8) is 0 Å². The molecule has 1 N–H and O–H groups in total. The van der Waals surface area contributed by atoms with Gasteiger partial charge in [0, 0.05) is 6.54 Å². The molecule has 2 aromatic rings. The normalized spacial score (nSPS) is 12.1. The van der Waals surface area contributed by atoms with Crippen LogP contribution in [0.2, 0.25) is 0 Å². The maximum atomic E-state index is 3.92. The molecule has 2 rings (SSSR count). The fourth-order valence-corrected chi connectivity index (χ4v) is 2.26. The molecule has 0 aromatic heterocycles. The molecule has 0 radical (unpaired) electrons. The van der Waals surface area contributed by atoms with E-state index in [1.54, 1.807) is 0 Å². The molecule has 0 aliphatic carbocycles. The van der Waals surface area contributed by atoms with E-state index in [0.29, 0.717) is 0 Å². The molecule has 19 heavy (non-hydrogen) atoms. The highest BCUT2D eigenvalue weighted by molar-refractivity contribution is 5.31. The van der Waals surface area contributed by atoms with Crippen molar-refractivity contribution < 1.29 is 0 Å². The van der Waals surface area contributed by atoms with E-state index in [1.807, 2.05) is 12.1 Å². The first-order chi connectivity index (χ1) is 9.20. The van der Waals surface area contributed by atoms with Gasteiger partial charge in [0.15, 0.2) is 0 Å². The van der Waals surface area contributed by atoms with Gasteiger partial charge in [0.05, 0.1) is 6.04 Å². The molecular weight excluding hydrogens is 230 g/mol. The van der Waals surface area contributed by atoms with Crippen LogP contribution in [-0.4, -0.2) is 0 Å². The molecule has 1 heteroatoms. The van der Waals surface area contributed by atoms with E-state index in [1.165, 1.54) is 22.3 Å². The smallest absolute Gasteiger partial charge is 0.0506 e. The quantitative estimate of drug-likeness (QED) is 0.780. The Morgan fingerprint density at radius 3 is 2.47 bits per heavy atom. The lowest BCUT2D eigenvalue weighted by Gasteiger charge is -2.16. The molecule has 2 aromatic carbocycles. The maximum absolute atomic E-state index is 3.92. The summed E-state index contributed by atoms with van der Waals surface area (Å²) in [6.45, 7) is 9.07. The van der Waals surface area contributed by atoms with Crippen LogP contribution in [0.1, 0.15) is 28.3 Å². The summed E-state index contributed by atoms with van der Waals surface area (Å²) in [4.78, 5) is 0. The minimum atomic E-state index is 0.196. The van der Waals surface area contributed by atoms with Crippen molar-refractivity contribution in [3.05, 3.63) is 83.4 Å². The average molecular weight is 251 g/mol. The Labute approximate surface area is 116 Å². The first kappa shape index (κ1) is 13.6. The summed E-state index contributed by atoms with van der Waals surface area (Å²) in [5, 5.41) is 3.54. The van der Waals surface area contributed by atoms with Crippen LogP contribution < -0.4 is 5.32 Å². The van der Waals surface area contributed by atoms with Gasteiger partial charge in [-0.05, 0) is 30.5 Å². The first-order valence-corrected chi connectivity index (χ1v) is 6.67. The third-order valence-electron chi connectivity index (χ3n) is 3.40. The molecule has 0 fully saturated rings. The molecule has 0 aliphatic heterocycles. The van der Waals surface area contributed by atoms with Crippen LogP contribution in [0.4, 0.5) is 0 Å². The fraction of sp³-hybridized carbons (Fsp3) is 0.222. The lowest BCUT2D eigenvalue weighted by molar-refractivity contribution is 0.620. The van der Waals surface area contributed by atoms with Crippen LogP contribution in [-0.2, 0) is 6.54 Å². The summed E-state index contributed by atoms with van der Waals surface area (Å²) in [5.41, 5.74) is 5.24. The molecule has 0 amide bonds. The lowest BCUT2D eigenvalue weighted by atomic mass is 10.0. The summed E-state index contributed by atoms with van der Waals surface area (Å²) in [7, 11) is 0. The monoisotopic (exact) mass is 251 g/mol. The predicted octanol–water partition coefficient (Wildman–Crippen LogP) is 4.32. The molecule has 98 valence electrons. The van der Waals surface area contributed by atoms with Gasteiger partial charge in [0.1, 0.15) is 0 Å². The Hall–Kier alpha value is -1.86. The van der Waals surface area contributed by atoms with Gasteiger partial charge >= 0.3 is 0 Å². The topological polar surface area (TPSA) is 12.0 Å². The van der Waals surface area contributed by atoms with Gasteiger partial charge in [-0.25, -0.2) is 0 Å². The molecule has 0 spiro atoms. The lowest BCUT2D eigenvalue weighted by Crippen LogP contribution is -2.19. The van der Waals surface area contributed by atoms with Crippen molar-refractivity contribution in [1.82, 2.24) is 5.32 Å². The van der Waals surface area contributed by atoms with Gasteiger partial charge in [-0.3, -0.25) is 0 Å². The van der Waals surface area contributed by atoms with Gasteiger partial charge in [-0.15, -0.1) is 6.58 Å². The summed E-state index contributed by atoms with van der Waals surface area (Å²) in [5.74, 6) is 0. The van der Waals surface area contributed by atoms with Gasteiger partial charge in [0.25, 0.3) is 0 Å². The van der Waals surface area contributed by atoms with Gasteiger partial charge in [-0.1, -0.05) is 60.2 Å². The van der Waals surface area contributed by atoms with Crippen molar-refractivity contribution in [3.8, 4) is 0 Å². The Kier molecular flexibility index (Phi) is 4.53. The van der Waals surface area contributed by atoms with Crippen LogP contribution in [0.3, 0.4) is 0 Å². The van der Waals surface area contributed by atoms with Crippen molar-refractivity contribution in [1.29, 1.82) is 0 Å².